The minimum Gasteiger partial charge on any atom is -0.398 e. The summed E-state index contributed by atoms with van der Waals surface area (Å²) < 4.78 is 32.3. The number of sulfonamides is 1. The molecule has 1 aromatic rings. The molecule has 114 valence electrons. The molecule has 1 saturated heterocycles. The maximum absolute atomic E-state index is 12.7. The molecule has 6 nitrogen and oxygen atoms in total. The van der Waals surface area contributed by atoms with Crippen molar-refractivity contribution >= 4 is 15.7 Å². The van der Waals surface area contributed by atoms with E-state index in [9.17, 15) is 8.42 Å². The van der Waals surface area contributed by atoms with Crippen molar-refractivity contribution in [1.82, 2.24) is 4.31 Å². The van der Waals surface area contributed by atoms with Crippen molar-refractivity contribution in [2.45, 2.75) is 30.8 Å². The summed E-state index contributed by atoms with van der Waals surface area (Å²) in [6, 6.07) is 6.19. The van der Waals surface area contributed by atoms with Crippen LogP contribution in [-0.4, -0.2) is 38.5 Å². The van der Waals surface area contributed by atoms with Crippen LogP contribution >= 0.6 is 0 Å². The van der Waals surface area contributed by atoms with Gasteiger partial charge in [-0.2, -0.15) is 9.57 Å². The van der Waals surface area contributed by atoms with Crippen molar-refractivity contribution in [3.63, 3.8) is 0 Å². The maximum atomic E-state index is 12.7. The highest BCUT2D eigenvalue weighted by atomic mass is 32.2. The van der Waals surface area contributed by atoms with E-state index in [1.807, 2.05) is 13.0 Å². The average molecular weight is 309 g/mol. The van der Waals surface area contributed by atoms with E-state index in [1.54, 1.807) is 0 Å². The lowest BCUT2D eigenvalue weighted by molar-refractivity contribution is 0.0265. The fraction of sp³-hybridized carbons (Fsp3) is 0.500. The van der Waals surface area contributed by atoms with Crippen molar-refractivity contribution < 1.29 is 13.2 Å². The average Bonchev–Trinajstić information content (AvgIpc) is 2.47. The van der Waals surface area contributed by atoms with Crippen molar-refractivity contribution in [3.05, 3.63) is 23.8 Å². The normalized spacial score (nSPS) is 20.1. The summed E-state index contributed by atoms with van der Waals surface area (Å²) in [5, 5.41) is 8.82. The molecule has 0 radical (unpaired) electrons. The third-order valence-corrected chi connectivity index (χ3v) is 5.44. The Kier molecular flexibility index (Phi) is 4.83. The number of hydrogen-bond donors (Lipinski definition) is 1. The smallest absolute Gasteiger partial charge is 0.245 e. The minimum atomic E-state index is -3.65. The minimum absolute atomic E-state index is 0.0543. The molecule has 0 aliphatic carbocycles. The highest BCUT2D eigenvalue weighted by Gasteiger charge is 2.31. The first-order valence-electron chi connectivity index (χ1n) is 6.90. The second kappa shape index (κ2) is 6.43. The monoisotopic (exact) mass is 309 g/mol. The van der Waals surface area contributed by atoms with Crippen LogP contribution < -0.4 is 5.73 Å². The van der Waals surface area contributed by atoms with Crippen LogP contribution in [0.15, 0.2) is 23.1 Å². The summed E-state index contributed by atoms with van der Waals surface area (Å²) in [5.74, 6) is 0. The molecular formula is C14H19N3O3S. The number of nitrogens with two attached hydrogens (primary N) is 1. The van der Waals surface area contributed by atoms with Gasteiger partial charge in [0, 0.05) is 19.7 Å². The van der Waals surface area contributed by atoms with Gasteiger partial charge in [-0.3, -0.25) is 0 Å². The summed E-state index contributed by atoms with van der Waals surface area (Å²) in [6.07, 6.45) is 1.56. The van der Waals surface area contributed by atoms with E-state index in [0.717, 1.165) is 12.8 Å². The zero-order valence-electron chi connectivity index (χ0n) is 11.9. The highest BCUT2D eigenvalue weighted by molar-refractivity contribution is 7.89. The molecular weight excluding hydrogens is 290 g/mol. The van der Waals surface area contributed by atoms with Gasteiger partial charge in [-0.25, -0.2) is 8.42 Å². The van der Waals surface area contributed by atoms with E-state index >= 15 is 0 Å². The van der Waals surface area contributed by atoms with Gasteiger partial charge in [-0.1, -0.05) is 0 Å². The molecule has 2 rings (SSSR count). The molecule has 1 atom stereocenters. The zero-order chi connectivity index (χ0) is 15.5. The molecule has 0 saturated carbocycles. The molecule has 21 heavy (non-hydrogen) atoms. The molecule has 0 amide bonds. The summed E-state index contributed by atoms with van der Waals surface area (Å²) in [5.41, 5.74) is 6.24. The molecule has 7 heteroatoms. The van der Waals surface area contributed by atoms with Crippen LogP contribution in [0.4, 0.5) is 5.69 Å². The molecule has 1 heterocycles. The third kappa shape index (κ3) is 3.35. The van der Waals surface area contributed by atoms with Gasteiger partial charge in [-0.15, -0.1) is 0 Å². The number of nitriles is 1. The molecule has 1 aliphatic heterocycles. The molecule has 0 spiro atoms. The Bertz CT molecular complexity index is 650. The molecule has 0 bridgehead atoms. The van der Waals surface area contributed by atoms with Crippen LogP contribution in [0.3, 0.4) is 0 Å². The molecule has 0 aromatic heterocycles. The largest absolute Gasteiger partial charge is 0.398 e. The van der Waals surface area contributed by atoms with Crippen molar-refractivity contribution in [1.29, 1.82) is 5.26 Å². The summed E-state index contributed by atoms with van der Waals surface area (Å²) in [7, 11) is -3.65. The predicted molar refractivity (Wildman–Crippen MR) is 79.0 cm³/mol. The number of anilines is 1. The fourth-order valence-electron chi connectivity index (χ4n) is 2.49. The SMILES string of the molecule is CCOC1CCCN(S(=O)(=O)c2ccc(C#N)cc2N)C1. The van der Waals surface area contributed by atoms with Crippen molar-refractivity contribution in [2.75, 3.05) is 25.4 Å². The fourth-order valence-corrected chi connectivity index (χ4v) is 4.09. The predicted octanol–water partition coefficient (Wildman–Crippen LogP) is 1.33. The van der Waals surface area contributed by atoms with Gasteiger partial charge < -0.3 is 10.5 Å². The number of piperidine rings is 1. The lowest BCUT2D eigenvalue weighted by atomic mass is 10.1. The first-order valence-corrected chi connectivity index (χ1v) is 8.34. The van der Waals surface area contributed by atoms with Gasteiger partial charge in [0.05, 0.1) is 23.4 Å². The van der Waals surface area contributed by atoms with Crippen LogP contribution in [-0.2, 0) is 14.8 Å². The molecule has 2 N–H and O–H groups in total. The first kappa shape index (κ1) is 15.8. The first-order chi connectivity index (χ1) is 9.98. The second-order valence-corrected chi connectivity index (χ2v) is 6.85. The Morgan fingerprint density at radius 3 is 2.90 bits per heavy atom. The third-order valence-electron chi connectivity index (χ3n) is 3.50. The number of rotatable bonds is 4. The van der Waals surface area contributed by atoms with Crippen molar-refractivity contribution in [2.24, 2.45) is 0 Å². The number of nitrogen functional groups attached to an aromatic ring is 1. The van der Waals surface area contributed by atoms with E-state index in [2.05, 4.69) is 0 Å². The highest BCUT2D eigenvalue weighted by Crippen LogP contribution is 2.26. The van der Waals surface area contributed by atoms with E-state index in [-0.39, 0.29) is 16.7 Å². The van der Waals surface area contributed by atoms with Crippen LogP contribution in [0, 0.1) is 11.3 Å². The second-order valence-electron chi connectivity index (χ2n) is 4.95. The number of nitrogens with zero attached hydrogens (tertiary/aromatic N) is 2. The number of benzene rings is 1. The Morgan fingerprint density at radius 1 is 1.52 bits per heavy atom. The van der Waals surface area contributed by atoms with Crippen molar-refractivity contribution in [3.8, 4) is 6.07 Å². The Balaban J connectivity index is 2.27. The van der Waals surface area contributed by atoms with E-state index < -0.39 is 10.0 Å². The maximum Gasteiger partial charge on any atom is 0.245 e. The topological polar surface area (TPSA) is 96.4 Å². The molecule has 1 aliphatic rings. The van der Waals surface area contributed by atoms with Crippen LogP contribution in [0.5, 0.6) is 0 Å². The van der Waals surface area contributed by atoms with Gasteiger partial charge in [0.25, 0.3) is 0 Å². The lowest BCUT2D eigenvalue weighted by Gasteiger charge is -2.31. The van der Waals surface area contributed by atoms with Crippen LogP contribution in [0.1, 0.15) is 25.3 Å². The zero-order valence-corrected chi connectivity index (χ0v) is 12.8. The van der Waals surface area contributed by atoms with E-state index in [1.165, 1.54) is 22.5 Å². The van der Waals surface area contributed by atoms with Gasteiger partial charge >= 0.3 is 0 Å². The van der Waals surface area contributed by atoms with Gasteiger partial charge in [-0.05, 0) is 38.0 Å². The molecule has 1 unspecified atom stereocenters. The Labute approximate surface area is 125 Å². The van der Waals surface area contributed by atoms with Gasteiger partial charge in [0.15, 0.2) is 0 Å². The Morgan fingerprint density at radius 2 is 2.29 bits per heavy atom. The van der Waals surface area contributed by atoms with Crippen LogP contribution in [0.25, 0.3) is 0 Å². The van der Waals surface area contributed by atoms with E-state index in [0.29, 0.717) is 25.3 Å². The van der Waals surface area contributed by atoms with Gasteiger partial charge in [0.1, 0.15) is 4.90 Å². The molecule has 1 aromatic carbocycles. The summed E-state index contributed by atoms with van der Waals surface area (Å²) in [6.45, 7) is 3.27. The molecule has 1 fully saturated rings. The number of hydrogen-bond acceptors (Lipinski definition) is 5. The number of ether oxygens (including phenoxy) is 1. The lowest BCUT2D eigenvalue weighted by Crippen LogP contribution is -2.43. The summed E-state index contributed by atoms with van der Waals surface area (Å²) >= 11 is 0. The van der Waals surface area contributed by atoms with E-state index in [4.69, 9.17) is 15.7 Å². The standard InChI is InChI=1S/C14H19N3O3S/c1-2-20-12-4-3-7-17(10-12)21(18,19)14-6-5-11(9-15)8-13(14)16/h5-6,8,12H,2-4,7,10,16H2,1H3. The summed E-state index contributed by atoms with van der Waals surface area (Å²) in [4.78, 5) is 0.0543. The Hall–Kier alpha value is -1.62. The van der Waals surface area contributed by atoms with Gasteiger partial charge in [0.2, 0.25) is 10.0 Å². The quantitative estimate of drug-likeness (QED) is 0.846. The van der Waals surface area contributed by atoms with Crippen LogP contribution in [0.2, 0.25) is 0 Å².